The highest BCUT2D eigenvalue weighted by molar-refractivity contribution is 5.90. The van der Waals surface area contributed by atoms with E-state index in [4.69, 9.17) is 4.74 Å². The van der Waals surface area contributed by atoms with Crippen molar-refractivity contribution in [3.8, 4) is 0 Å². The van der Waals surface area contributed by atoms with Crippen LogP contribution in [0.2, 0.25) is 0 Å². The minimum atomic E-state index is -0.0918. The number of hydrogen-bond acceptors (Lipinski definition) is 2. The molecule has 0 spiro atoms. The van der Waals surface area contributed by atoms with Gasteiger partial charge in [-0.3, -0.25) is 4.79 Å². The Kier molecular flexibility index (Phi) is 4.19. The SMILES string of the molecule is CC(C)=CC(=O)CC1OC(C)(C)CCC1(C)C. The summed E-state index contributed by atoms with van der Waals surface area (Å²) < 4.78 is 6.09. The number of carbonyl (C=O) groups excluding carboxylic acids is 1. The Morgan fingerprint density at radius 2 is 1.82 bits per heavy atom. The highest BCUT2D eigenvalue weighted by Gasteiger charge is 2.41. The summed E-state index contributed by atoms with van der Waals surface area (Å²) in [6.45, 7) is 12.5. The smallest absolute Gasteiger partial charge is 0.158 e. The summed E-state index contributed by atoms with van der Waals surface area (Å²) in [7, 11) is 0. The minimum absolute atomic E-state index is 0.0364. The molecule has 1 rings (SSSR count). The zero-order chi connectivity index (χ0) is 13.3. The second-order valence-corrected chi connectivity index (χ2v) is 6.75. The first kappa shape index (κ1) is 14.4. The minimum Gasteiger partial charge on any atom is -0.371 e. The van der Waals surface area contributed by atoms with Crippen molar-refractivity contribution in [2.24, 2.45) is 5.41 Å². The molecule has 0 amide bonds. The first-order valence-corrected chi connectivity index (χ1v) is 6.48. The molecular formula is C15H26O2. The Bertz CT molecular complexity index is 320. The van der Waals surface area contributed by atoms with Gasteiger partial charge in [-0.2, -0.15) is 0 Å². The van der Waals surface area contributed by atoms with Crippen molar-refractivity contribution in [2.45, 2.75) is 72.5 Å². The Labute approximate surface area is 105 Å². The quantitative estimate of drug-likeness (QED) is 0.697. The van der Waals surface area contributed by atoms with E-state index in [1.54, 1.807) is 6.08 Å². The fraction of sp³-hybridized carbons (Fsp3) is 0.800. The van der Waals surface area contributed by atoms with Gasteiger partial charge in [-0.25, -0.2) is 0 Å². The van der Waals surface area contributed by atoms with Crippen LogP contribution >= 0.6 is 0 Å². The van der Waals surface area contributed by atoms with Crippen LogP contribution < -0.4 is 0 Å². The Morgan fingerprint density at radius 3 is 2.35 bits per heavy atom. The maximum Gasteiger partial charge on any atom is 0.158 e. The van der Waals surface area contributed by atoms with Crippen LogP contribution in [0.15, 0.2) is 11.6 Å². The molecule has 1 unspecified atom stereocenters. The molecule has 0 radical (unpaired) electrons. The van der Waals surface area contributed by atoms with E-state index >= 15 is 0 Å². The van der Waals surface area contributed by atoms with Crippen LogP contribution in [0.4, 0.5) is 0 Å². The Balaban J connectivity index is 2.73. The number of rotatable bonds is 3. The maximum atomic E-state index is 11.9. The van der Waals surface area contributed by atoms with Gasteiger partial charge in [-0.15, -0.1) is 0 Å². The van der Waals surface area contributed by atoms with Crippen LogP contribution in [-0.4, -0.2) is 17.5 Å². The number of carbonyl (C=O) groups is 1. The monoisotopic (exact) mass is 238 g/mol. The third-order valence-corrected chi connectivity index (χ3v) is 3.54. The molecule has 17 heavy (non-hydrogen) atoms. The zero-order valence-electron chi connectivity index (χ0n) is 12.1. The molecule has 0 aliphatic carbocycles. The van der Waals surface area contributed by atoms with E-state index in [0.29, 0.717) is 6.42 Å². The van der Waals surface area contributed by atoms with E-state index < -0.39 is 0 Å². The second-order valence-electron chi connectivity index (χ2n) is 6.75. The average molecular weight is 238 g/mol. The van der Waals surface area contributed by atoms with Crippen molar-refractivity contribution in [1.29, 1.82) is 0 Å². The fourth-order valence-corrected chi connectivity index (χ4v) is 2.27. The topological polar surface area (TPSA) is 26.3 Å². The van der Waals surface area contributed by atoms with Gasteiger partial charge in [0.15, 0.2) is 5.78 Å². The molecule has 1 heterocycles. The summed E-state index contributed by atoms with van der Waals surface area (Å²) in [5, 5.41) is 0. The van der Waals surface area contributed by atoms with Crippen molar-refractivity contribution in [3.63, 3.8) is 0 Å². The van der Waals surface area contributed by atoms with E-state index in [2.05, 4.69) is 27.7 Å². The number of hydrogen-bond donors (Lipinski definition) is 0. The van der Waals surface area contributed by atoms with Gasteiger partial charge in [0.1, 0.15) is 0 Å². The summed E-state index contributed by atoms with van der Waals surface area (Å²) in [4.78, 5) is 11.9. The lowest BCUT2D eigenvalue weighted by atomic mass is 9.74. The van der Waals surface area contributed by atoms with Crippen LogP contribution in [0.3, 0.4) is 0 Å². The lowest BCUT2D eigenvalue weighted by Gasteiger charge is -2.46. The van der Waals surface area contributed by atoms with Crippen LogP contribution in [0, 0.1) is 5.41 Å². The van der Waals surface area contributed by atoms with Crippen molar-refractivity contribution in [1.82, 2.24) is 0 Å². The summed E-state index contributed by atoms with van der Waals surface area (Å²) in [5.41, 5.74) is 1.06. The Morgan fingerprint density at radius 1 is 1.24 bits per heavy atom. The fourth-order valence-electron chi connectivity index (χ4n) is 2.27. The molecule has 0 aromatic carbocycles. The van der Waals surface area contributed by atoms with Gasteiger partial charge in [-0.1, -0.05) is 19.4 Å². The van der Waals surface area contributed by atoms with Gasteiger partial charge in [-0.05, 0) is 52.0 Å². The molecule has 0 aromatic rings. The predicted octanol–water partition coefficient (Wildman–Crippen LogP) is 3.90. The van der Waals surface area contributed by atoms with Gasteiger partial charge in [0, 0.05) is 6.42 Å². The van der Waals surface area contributed by atoms with Crippen LogP contribution in [0.1, 0.15) is 60.8 Å². The van der Waals surface area contributed by atoms with Crippen LogP contribution in [-0.2, 0) is 9.53 Å². The summed E-state index contributed by atoms with van der Waals surface area (Å²) in [5.74, 6) is 0.181. The normalized spacial score (nSPS) is 26.4. The number of ketones is 1. The molecule has 0 bridgehead atoms. The average Bonchev–Trinajstić information content (AvgIpc) is 2.10. The first-order chi connectivity index (χ1) is 7.62. The van der Waals surface area contributed by atoms with Crippen molar-refractivity contribution in [2.75, 3.05) is 0 Å². The predicted molar refractivity (Wildman–Crippen MR) is 71.0 cm³/mol. The molecule has 1 saturated heterocycles. The molecule has 1 atom stereocenters. The van der Waals surface area contributed by atoms with E-state index in [0.717, 1.165) is 18.4 Å². The van der Waals surface area contributed by atoms with E-state index in [1.807, 2.05) is 13.8 Å². The molecule has 1 aliphatic heterocycles. The van der Waals surface area contributed by atoms with Crippen molar-refractivity contribution in [3.05, 3.63) is 11.6 Å². The summed E-state index contributed by atoms with van der Waals surface area (Å²) >= 11 is 0. The molecule has 0 N–H and O–H groups in total. The molecular weight excluding hydrogens is 212 g/mol. The molecule has 0 saturated carbocycles. The molecule has 1 aliphatic rings. The standard InChI is InChI=1S/C15H26O2/c1-11(2)9-12(16)10-13-14(3,4)7-8-15(5,6)17-13/h9,13H,7-8,10H2,1-6H3. The van der Waals surface area contributed by atoms with Crippen LogP contribution in [0.5, 0.6) is 0 Å². The zero-order valence-corrected chi connectivity index (χ0v) is 12.1. The van der Waals surface area contributed by atoms with Gasteiger partial charge in [0.05, 0.1) is 11.7 Å². The lowest BCUT2D eigenvalue weighted by molar-refractivity contribution is -0.166. The van der Waals surface area contributed by atoms with Gasteiger partial charge in [0.2, 0.25) is 0 Å². The highest BCUT2D eigenvalue weighted by atomic mass is 16.5. The first-order valence-electron chi connectivity index (χ1n) is 6.48. The van der Waals surface area contributed by atoms with E-state index in [9.17, 15) is 4.79 Å². The third-order valence-electron chi connectivity index (χ3n) is 3.54. The van der Waals surface area contributed by atoms with E-state index in [-0.39, 0.29) is 22.9 Å². The van der Waals surface area contributed by atoms with Crippen molar-refractivity contribution >= 4 is 5.78 Å². The lowest BCUT2D eigenvalue weighted by Crippen LogP contribution is -2.46. The maximum absolute atomic E-state index is 11.9. The molecule has 98 valence electrons. The second kappa shape index (κ2) is 4.93. The largest absolute Gasteiger partial charge is 0.371 e. The number of ether oxygens (including phenoxy) is 1. The van der Waals surface area contributed by atoms with Gasteiger partial charge >= 0.3 is 0 Å². The van der Waals surface area contributed by atoms with Gasteiger partial charge < -0.3 is 4.74 Å². The van der Waals surface area contributed by atoms with E-state index in [1.165, 1.54) is 0 Å². The Hall–Kier alpha value is -0.630. The summed E-state index contributed by atoms with van der Waals surface area (Å²) in [6.07, 6.45) is 4.44. The molecule has 2 nitrogen and oxygen atoms in total. The molecule has 1 fully saturated rings. The highest BCUT2D eigenvalue weighted by Crippen LogP contribution is 2.41. The number of allylic oxidation sites excluding steroid dienone is 2. The van der Waals surface area contributed by atoms with Crippen molar-refractivity contribution < 1.29 is 9.53 Å². The van der Waals surface area contributed by atoms with Gasteiger partial charge in [0.25, 0.3) is 0 Å². The molecule has 2 heteroatoms. The summed E-state index contributed by atoms with van der Waals surface area (Å²) in [6, 6.07) is 0. The molecule has 0 aromatic heterocycles. The van der Waals surface area contributed by atoms with Crippen LogP contribution in [0.25, 0.3) is 0 Å². The third kappa shape index (κ3) is 4.27.